The number of methoxy groups -OCH3 is 1. The number of thioether (sulfide) groups is 1. The van der Waals surface area contributed by atoms with Gasteiger partial charge in [0.05, 0.1) is 17.9 Å². The van der Waals surface area contributed by atoms with Crippen molar-refractivity contribution in [2.24, 2.45) is 0 Å². The Morgan fingerprint density at radius 2 is 2.24 bits per heavy atom. The lowest BCUT2D eigenvalue weighted by molar-refractivity contribution is -0.385. The first-order valence-corrected chi connectivity index (χ1v) is 7.05. The van der Waals surface area contributed by atoms with Gasteiger partial charge >= 0.3 is 11.7 Å². The molecular formula is C12H12N2O6S. The summed E-state index contributed by atoms with van der Waals surface area (Å²) in [7, 11) is 1.29. The van der Waals surface area contributed by atoms with Crippen molar-refractivity contribution in [3.63, 3.8) is 0 Å². The van der Waals surface area contributed by atoms with Crippen LogP contribution in [0, 0.1) is 10.1 Å². The van der Waals surface area contributed by atoms with Gasteiger partial charge in [-0.1, -0.05) is 0 Å². The van der Waals surface area contributed by atoms with E-state index in [4.69, 9.17) is 9.84 Å². The molecule has 1 atom stereocenters. The standard InChI is InChI=1S/C12H12N2O6S/c1-20-10-3-2-7(4-8(10)14(18)19)11(15)13-6-21-5-9(13)12(16)17/h2-4,9H,5-6H2,1H3,(H,16,17)/t9-/m0/s1. The average molecular weight is 312 g/mol. The molecule has 0 radical (unpaired) electrons. The number of benzene rings is 1. The van der Waals surface area contributed by atoms with Gasteiger partial charge in [-0.3, -0.25) is 14.9 Å². The lowest BCUT2D eigenvalue weighted by Crippen LogP contribution is -2.41. The number of nitrogens with zero attached hydrogens (tertiary/aromatic N) is 2. The number of carboxylic acid groups (broad SMARTS) is 1. The van der Waals surface area contributed by atoms with E-state index < -0.39 is 22.8 Å². The summed E-state index contributed by atoms with van der Waals surface area (Å²) in [6.07, 6.45) is 0. The van der Waals surface area contributed by atoms with Crippen molar-refractivity contribution in [2.75, 3.05) is 18.7 Å². The van der Waals surface area contributed by atoms with Gasteiger partial charge < -0.3 is 14.7 Å². The minimum absolute atomic E-state index is 0.0436. The lowest BCUT2D eigenvalue weighted by Gasteiger charge is -2.20. The zero-order valence-electron chi connectivity index (χ0n) is 11.0. The summed E-state index contributed by atoms with van der Waals surface area (Å²) in [6, 6.07) is 2.90. The monoisotopic (exact) mass is 312 g/mol. The van der Waals surface area contributed by atoms with Crippen LogP contribution < -0.4 is 4.74 Å². The zero-order valence-corrected chi connectivity index (χ0v) is 11.8. The largest absolute Gasteiger partial charge is 0.490 e. The van der Waals surface area contributed by atoms with Gasteiger partial charge in [0.25, 0.3) is 5.91 Å². The van der Waals surface area contributed by atoms with Gasteiger partial charge in [-0.25, -0.2) is 4.79 Å². The first kappa shape index (κ1) is 15.1. The fourth-order valence-corrected chi connectivity index (χ4v) is 3.12. The molecule has 1 aromatic rings. The first-order chi connectivity index (χ1) is 9.95. The van der Waals surface area contributed by atoms with Gasteiger partial charge in [0.1, 0.15) is 6.04 Å². The van der Waals surface area contributed by atoms with Crippen LogP contribution in [0.3, 0.4) is 0 Å². The predicted molar refractivity (Wildman–Crippen MR) is 74.6 cm³/mol. The summed E-state index contributed by atoms with van der Waals surface area (Å²) in [5, 5.41) is 20.0. The highest BCUT2D eigenvalue weighted by molar-refractivity contribution is 7.99. The van der Waals surface area contributed by atoms with Gasteiger partial charge in [-0.05, 0) is 12.1 Å². The number of rotatable bonds is 4. The second kappa shape index (κ2) is 6.00. The molecule has 1 fully saturated rings. The molecule has 1 saturated heterocycles. The molecule has 1 amide bonds. The van der Waals surface area contributed by atoms with E-state index in [0.29, 0.717) is 5.75 Å². The quantitative estimate of drug-likeness (QED) is 0.657. The van der Waals surface area contributed by atoms with Crippen LogP contribution in [0.1, 0.15) is 10.4 Å². The highest BCUT2D eigenvalue weighted by Crippen LogP contribution is 2.30. The summed E-state index contributed by atoms with van der Waals surface area (Å²) >= 11 is 1.33. The van der Waals surface area contributed by atoms with Crippen LogP contribution >= 0.6 is 11.8 Å². The molecule has 0 spiro atoms. The molecule has 9 heteroatoms. The number of aliphatic carboxylic acids is 1. The second-order valence-corrected chi connectivity index (χ2v) is 5.27. The highest BCUT2D eigenvalue weighted by atomic mass is 32.2. The Hall–Kier alpha value is -2.29. The summed E-state index contributed by atoms with van der Waals surface area (Å²) < 4.78 is 4.86. The molecule has 1 aliphatic heterocycles. The van der Waals surface area contributed by atoms with Gasteiger partial charge in [0, 0.05) is 17.4 Å². The predicted octanol–water partition coefficient (Wildman–Crippen LogP) is 1.20. The number of nitro benzene ring substituents is 1. The summed E-state index contributed by atoms with van der Waals surface area (Å²) in [4.78, 5) is 34.9. The summed E-state index contributed by atoms with van der Waals surface area (Å²) in [5.74, 6) is -1.04. The van der Waals surface area contributed by atoms with Crippen LogP contribution in [0.15, 0.2) is 18.2 Å². The number of carbonyl (C=O) groups is 2. The number of carboxylic acids is 1. The Balaban J connectivity index is 2.33. The smallest absolute Gasteiger partial charge is 0.327 e. The van der Waals surface area contributed by atoms with E-state index in [1.54, 1.807) is 0 Å². The normalized spacial score (nSPS) is 17.6. The molecule has 0 unspecified atom stereocenters. The van der Waals surface area contributed by atoms with Gasteiger partial charge in [0.15, 0.2) is 5.75 Å². The molecule has 112 valence electrons. The molecule has 0 aromatic heterocycles. The number of amides is 1. The maximum absolute atomic E-state index is 12.3. The number of ether oxygens (including phenoxy) is 1. The second-order valence-electron chi connectivity index (χ2n) is 4.27. The fourth-order valence-electron chi connectivity index (χ4n) is 1.98. The van der Waals surface area contributed by atoms with Crippen molar-refractivity contribution in [1.82, 2.24) is 4.90 Å². The molecular weight excluding hydrogens is 300 g/mol. The van der Waals surface area contributed by atoms with Gasteiger partial charge in [-0.15, -0.1) is 11.8 Å². The lowest BCUT2D eigenvalue weighted by atomic mass is 10.1. The summed E-state index contributed by atoms with van der Waals surface area (Å²) in [6.45, 7) is 0. The molecule has 21 heavy (non-hydrogen) atoms. The van der Waals surface area contributed by atoms with E-state index in [0.717, 1.165) is 6.07 Å². The van der Waals surface area contributed by atoms with Gasteiger partial charge in [-0.2, -0.15) is 0 Å². The van der Waals surface area contributed by atoms with Gasteiger partial charge in [0.2, 0.25) is 0 Å². The van der Waals surface area contributed by atoms with E-state index in [9.17, 15) is 19.7 Å². The van der Waals surface area contributed by atoms with Crippen molar-refractivity contribution in [3.05, 3.63) is 33.9 Å². The Kier molecular flexibility index (Phi) is 4.32. The third kappa shape index (κ3) is 2.92. The molecule has 8 nitrogen and oxygen atoms in total. The Labute approximate surface area is 123 Å². The number of hydrogen-bond acceptors (Lipinski definition) is 6. The highest BCUT2D eigenvalue weighted by Gasteiger charge is 2.35. The van der Waals surface area contributed by atoms with E-state index in [2.05, 4.69) is 0 Å². The molecule has 1 aromatic carbocycles. The maximum Gasteiger partial charge on any atom is 0.327 e. The van der Waals surface area contributed by atoms with E-state index in [1.807, 2.05) is 0 Å². The minimum Gasteiger partial charge on any atom is -0.490 e. The maximum atomic E-state index is 12.3. The number of nitro groups is 1. The molecule has 0 bridgehead atoms. The third-order valence-electron chi connectivity index (χ3n) is 3.05. The van der Waals surface area contributed by atoms with Crippen LogP contribution in [-0.2, 0) is 4.79 Å². The average Bonchev–Trinajstić information content (AvgIpc) is 2.95. The van der Waals surface area contributed by atoms with E-state index >= 15 is 0 Å². The van der Waals surface area contributed by atoms with E-state index in [1.165, 1.54) is 35.9 Å². The Morgan fingerprint density at radius 1 is 1.52 bits per heavy atom. The molecule has 0 aliphatic carbocycles. The van der Waals surface area contributed by atoms with Crippen molar-refractivity contribution in [1.29, 1.82) is 0 Å². The van der Waals surface area contributed by atoms with Crippen LogP contribution in [0.2, 0.25) is 0 Å². The van der Waals surface area contributed by atoms with Crippen LogP contribution in [0.25, 0.3) is 0 Å². The van der Waals surface area contributed by atoms with E-state index in [-0.39, 0.29) is 22.9 Å². The number of hydrogen-bond donors (Lipinski definition) is 1. The summed E-state index contributed by atoms with van der Waals surface area (Å²) in [5.41, 5.74) is -0.265. The topological polar surface area (TPSA) is 110 Å². The van der Waals surface area contributed by atoms with Crippen LogP contribution in [0.4, 0.5) is 5.69 Å². The van der Waals surface area contributed by atoms with Crippen LogP contribution in [0.5, 0.6) is 5.75 Å². The molecule has 1 N–H and O–H groups in total. The Morgan fingerprint density at radius 3 is 2.81 bits per heavy atom. The number of carbonyl (C=O) groups excluding carboxylic acids is 1. The van der Waals surface area contributed by atoms with Crippen LogP contribution in [-0.4, -0.2) is 51.6 Å². The molecule has 0 saturated carbocycles. The zero-order chi connectivity index (χ0) is 15.6. The molecule has 2 rings (SSSR count). The minimum atomic E-state index is -1.09. The molecule has 1 aliphatic rings. The first-order valence-electron chi connectivity index (χ1n) is 5.89. The SMILES string of the molecule is COc1ccc(C(=O)N2CSC[C@H]2C(=O)O)cc1[N+](=O)[O-]. The Bertz CT molecular complexity index is 605. The van der Waals surface area contributed by atoms with Crippen molar-refractivity contribution in [2.45, 2.75) is 6.04 Å². The van der Waals surface area contributed by atoms with Crippen molar-refractivity contribution >= 4 is 29.3 Å². The van der Waals surface area contributed by atoms with Crippen molar-refractivity contribution in [3.8, 4) is 5.75 Å². The third-order valence-corrected chi connectivity index (χ3v) is 4.06. The van der Waals surface area contributed by atoms with Crippen molar-refractivity contribution < 1.29 is 24.4 Å². The fraction of sp³-hybridized carbons (Fsp3) is 0.333. The molecule has 1 heterocycles.